The van der Waals surface area contributed by atoms with Crippen LogP contribution in [-0.4, -0.2) is 48.5 Å². The molecule has 12 heavy (non-hydrogen) atoms. The Hall–Kier alpha value is -0.120. The van der Waals surface area contributed by atoms with Crippen molar-refractivity contribution >= 4 is 0 Å². The second-order valence-corrected chi connectivity index (χ2v) is 3.91. The first-order valence-corrected chi connectivity index (χ1v) is 4.52. The first kappa shape index (κ1) is 9.96. The number of rotatable bonds is 1. The average molecular weight is 173 g/mol. The Morgan fingerprint density at radius 2 is 1.92 bits per heavy atom. The molecule has 1 fully saturated rings. The molecular weight excluding hydrogens is 154 g/mol. The van der Waals surface area contributed by atoms with Crippen molar-refractivity contribution in [1.82, 2.24) is 4.90 Å². The molecule has 1 rings (SSSR count). The van der Waals surface area contributed by atoms with Crippen LogP contribution in [0.15, 0.2) is 0 Å². The standard InChI is InChI=1S/C9H19NO2/c1-6-5-8(10(3)4)9(11)7(2)12-6/h6-9,11H,5H2,1-4H3/t6?,7?,8?,9-/m0/s1. The van der Waals surface area contributed by atoms with E-state index in [2.05, 4.69) is 11.8 Å². The van der Waals surface area contributed by atoms with Gasteiger partial charge in [-0.3, -0.25) is 0 Å². The van der Waals surface area contributed by atoms with E-state index in [1.54, 1.807) is 0 Å². The molecule has 1 saturated heterocycles. The monoisotopic (exact) mass is 173 g/mol. The molecule has 0 aromatic heterocycles. The fraction of sp³-hybridized carbons (Fsp3) is 1.00. The molecule has 0 spiro atoms. The Kier molecular flexibility index (Phi) is 3.09. The van der Waals surface area contributed by atoms with E-state index in [0.29, 0.717) is 0 Å². The number of ether oxygens (including phenoxy) is 1. The van der Waals surface area contributed by atoms with Crippen LogP contribution in [0.5, 0.6) is 0 Å². The van der Waals surface area contributed by atoms with E-state index >= 15 is 0 Å². The van der Waals surface area contributed by atoms with Gasteiger partial charge >= 0.3 is 0 Å². The quantitative estimate of drug-likeness (QED) is 0.626. The van der Waals surface area contributed by atoms with Gasteiger partial charge in [-0.1, -0.05) is 0 Å². The molecule has 3 nitrogen and oxygen atoms in total. The highest BCUT2D eigenvalue weighted by Gasteiger charge is 2.34. The van der Waals surface area contributed by atoms with Crippen molar-refractivity contribution < 1.29 is 9.84 Å². The number of nitrogens with zero attached hydrogens (tertiary/aromatic N) is 1. The maximum absolute atomic E-state index is 9.76. The zero-order valence-electron chi connectivity index (χ0n) is 8.32. The molecule has 0 aliphatic carbocycles. The van der Waals surface area contributed by atoms with Crippen molar-refractivity contribution in [2.24, 2.45) is 0 Å². The van der Waals surface area contributed by atoms with Crippen molar-refractivity contribution in [2.75, 3.05) is 14.1 Å². The molecule has 3 unspecified atom stereocenters. The molecule has 1 aliphatic heterocycles. The molecule has 1 heterocycles. The zero-order valence-corrected chi connectivity index (χ0v) is 8.32. The number of hydrogen-bond donors (Lipinski definition) is 1. The van der Waals surface area contributed by atoms with Crippen LogP contribution in [0.4, 0.5) is 0 Å². The molecule has 0 amide bonds. The summed E-state index contributed by atoms with van der Waals surface area (Å²) in [4.78, 5) is 2.07. The highest BCUT2D eigenvalue weighted by Crippen LogP contribution is 2.22. The van der Waals surface area contributed by atoms with Gasteiger partial charge < -0.3 is 14.7 Å². The summed E-state index contributed by atoms with van der Waals surface area (Å²) in [5, 5.41) is 9.76. The molecule has 0 aromatic rings. The van der Waals surface area contributed by atoms with E-state index in [-0.39, 0.29) is 24.4 Å². The van der Waals surface area contributed by atoms with E-state index in [9.17, 15) is 5.11 Å². The van der Waals surface area contributed by atoms with Crippen LogP contribution in [0.3, 0.4) is 0 Å². The highest BCUT2D eigenvalue weighted by molar-refractivity contribution is 4.86. The lowest BCUT2D eigenvalue weighted by atomic mass is 9.96. The molecule has 0 aromatic carbocycles. The van der Waals surface area contributed by atoms with Gasteiger partial charge in [0.1, 0.15) is 0 Å². The zero-order chi connectivity index (χ0) is 9.30. The summed E-state index contributed by atoms with van der Waals surface area (Å²) in [7, 11) is 4.00. The first-order chi connectivity index (χ1) is 5.52. The van der Waals surface area contributed by atoms with Gasteiger partial charge in [0.15, 0.2) is 0 Å². The summed E-state index contributed by atoms with van der Waals surface area (Å²) in [6, 6.07) is 0.240. The van der Waals surface area contributed by atoms with Crippen LogP contribution in [-0.2, 0) is 4.74 Å². The van der Waals surface area contributed by atoms with Gasteiger partial charge in [0.05, 0.1) is 18.3 Å². The first-order valence-electron chi connectivity index (χ1n) is 4.52. The molecule has 0 saturated carbocycles. The summed E-state index contributed by atoms with van der Waals surface area (Å²) < 4.78 is 5.50. The molecule has 0 radical (unpaired) electrons. The Labute approximate surface area is 74.3 Å². The Bertz CT molecular complexity index is 149. The lowest BCUT2D eigenvalue weighted by Gasteiger charge is -2.40. The fourth-order valence-electron chi connectivity index (χ4n) is 1.81. The van der Waals surface area contributed by atoms with Crippen LogP contribution >= 0.6 is 0 Å². The molecule has 3 heteroatoms. The van der Waals surface area contributed by atoms with Gasteiger partial charge in [0, 0.05) is 6.04 Å². The third-order valence-corrected chi connectivity index (χ3v) is 2.56. The van der Waals surface area contributed by atoms with Gasteiger partial charge in [0.25, 0.3) is 0 Å². The van der Waals surface area contributed by atoms with E-state index in [4.69, 9.17) is 4.74 Å². The van der Waals surface area contributed by atoms with E-state index in [1.807, 2.05) is 21.0 Å². The lowest BCUT2D eigenvalue weighted by molar-refractivity contribution is -0.134. The molecule has 4 atom stereocenters. The number of hydrogen-bond acceptors (Lipinski definition) is 3. The van der Waals surface area contributed by atoms with Gasteiger partial charge in [-0.05, 0) is 34.4 Å². The van der Waals surface area contributed by atoms with E-state index < -0.39 is 0 Å². The number of aliphatic hydroxyl groups excluding tert-OH is 1. The van der Waals surface area contributed by atoms with Crippen molar-refractivity contribution in [3.63, 3.8) is 0 Å². The minimum Gasteiger partial charge on any atom is -0.389 e. The van der Waals surface area contributed by atoms with Crippen molar-refractivity contribution in [1.29, 1.82) is 0 Å². The third-order valence-electron chi connectivity index (χ3n) is 2.56. The molecule has 1 N–H and O–H groups in total. The SMILES string of the molecule is CC1CC(N(C)C)[C@@H](O)C(C)O1. The van der Waals surface area contributed by atoms with Crippen LogP contribution in [0.2, 0.25) is 0 Å². The van der Waals surface area contributed by atoms with Gasteiger partial charge in [-0.25, -0.2) is 0 Å². The predicted octanol–water partition coefficient (Wildman–Crippen LogP) is 0.475. The summed E-state index contributed by atoms with van der Waals surface area (Å²) in [5.74, 6) is 0. The van der Waals surface area contributed by atoms with Crippen molar-refractivity contribution in [3.05, 3.63) is 0 Å². The van der Waals surface area contributed by atoms with Crippen LogP contribution < -0.4 is 0 Å². The van der Waals surface area contributed by atoms with Crippen LogP contribution in [0.1, 0.15) is 20.3 Å². The second kappa shape index (κ2) is 3.73. The van der Waals surface area contributed by atoms with E-state index in [1.165, 1.54) is 0 Å². The van der Waals surface area contributed by atoms with Crippen molar-refractivity contribution in [2.45, 2.75) is 44.6 Å². The maximum atomic E-state index is 9.76. The smallest absolute Gasteiger partial charge is 0.0954 e. The maximum Gasteiger partial charge on any atom is 0.0954 e. The van der Waals surface area contributed by atoms with E-state index in [0.717, 1.165) is 6.42 Å². The van der Waals surface area contributed by atoms with Crippen molar-refractivity contribution in [3.8, 4) is 0 Å². The minimum absolute atomic E-state index is 0.0406. The Morgan fingerprint density at radius 3 is 2.42 bits per heavy atom. The number of likely N-dealkylation sites (N-methyl/N-ethyl adjacent to an activating group) is 1. The van der Waals surface area contributed by atoms with Gasteiger partial charge in [-0.15, -0.1) is 0 Å². The number of aliphatic hydroxyl groups is 1. The summed E-state index contributed by atoms with van der Waals surface area (Å²) in [6.07, 6.45) is 0.784. The van der Waals surface area contributed by atoms with Gasteiger partial charge in [-0.2, -0.15) is 0 Å². The fourth-order valence-corrected chi connectivity index (χ4v) is 1.81. The second-order valence-electron chi connectivity index (χ2n) is 3.91. The molecule has 72 valence electrons. The summed E-state index contributed by atoms with van der Waals surface area (Å²) in [5.41, 5.74) is 0. The average Bonchev–Trinajstić information content (AvgIpc) is 1.96. The minimum atomic E-state index is -0.351. The topological polar surface area (TPSA) is 32.7 Å². The molecule has 1 aliphatic rings. The highest BCUT2D eigenvalue weighted by atomic mass is 16.5. The van der Waals surface area contributed by atoms with Gasteiger partial charge in [0.2, 0.25) is 0 Å². The Balaban J connectivity index is 2.60. The third kappa shape index (κ3) is 1.97. The Morgan fingerprint density at radius 1 is 1.33 bits per heavy atom. The lowest BCUT2D eigenvalue weighted by Crippen LogP contribution is -2.52. The molecular formula is C9H19NO2. The van der Waals surface area contributed by atoms with Crippen LogP contribution in [0, 0.1) is 0 Å². The largest absolute Gasteiger partial charge is 0.389 e. The molecule has 0 bridgehead atoms. The predicted molar refractivity (Wildman–Crippen MR) is 48.1 cm³/mol. The summed E-state index contributed by atoms with van der Waals surface area (Å²) in [6.45, 7) is 3.98. The van der Waals surface area contributed by atoms with Crippen LogP contribution in [0.25, 0.3) is 0 Å². The normalized spacial score (nSPS) is 43.5. The summed E-state index contributed by atoms with van der Waals surface area (Å²) >= 11 is 0.